The summed E-state index contributed by atoms with van der Waals surface area (Å²) < 4.78 is 0. The van der Waals surface area contributed by atoms with E-state index < -0.39 is 0 Å². The van der Waals surface area contributed by atoms with Crippen molar-refractivity contribution in [1.82, 2.24) is 15.5 Å². The van der Waals surface area contributed by atoms with E-state index in [9.17, 15) is 9.59 Å². The minimum absolute atomic E-state index is 0.0319. The molecule has 0 radical (unpaired) electrons. The zero-order chi connectivity index (χ0) is 23.0. The Morgan fingerprint density at radius 1 is 1.12 bits per heavy atom. The molecule has 2 aromatic rings. The molecule has 1 aliphatic rings. The van der Waals surface area contributed by atoms with Crippen LogP contribution in [0, 0.1) is 0 Å². The van der Waals surface area contributed by atoms with Crippen molar-refractivity contribution in [3.05, 3.63) is 57.2 Å². The fourth-order valence-corrected chi connectivity index (χ4v) is 5.43. The molecular formula is C25H34ClN3O2S. The SMILES string of the molecule is CN(C)C1(Cc2cccc(Cl)c2)CCC(NC(=O)CCC(=O)NCCc2cccs2)CC1. The number of nitrogens with one attached hydrogen (secondary N) is 2. The molecule has 174 valence electrons. The van der Waals surface area contributed by atoms with Crippen molar-refractivity contribution in [2.24, 2.45) is 0 Å². The first kappa shape index (κ1) is 24.7. The largest absolute Gasteiger partial charge is 0.356 e. The summed E-state index contributed by atoms with van der Waals surface area (Å²) in [6, 6.07) is 12.3. The lowest BCUT2D eigenvalue weighted by molar-refractivity contribution is -0.127. The van der Waals surface area contributed by atoms with Gasteiger partial charge in [0.05, 0.1) is 0 Å². The summed E-state index contributed by atoms with van der Waals surface area (Å²) in [5, 5.41) is 8.85. The van der Waals surface area contributed by atoms with Crippen LogP contribution < -0.4 is 10.6 Å². The summed E-state index contributed by atoms with van der Waals surface area (Å²) in [4.78, 5) is 28.0. The highest BCUT2D eigenvalue weighted by Gasteiger charge is 2.37. The average molecular weight is 476 g/mol. The molecule has 1 heterocycles. The number of halogens is 1. The van der Waals surface area contributed by atoms with E-state index in [4.69, 9.17) is 11.6 Å². The highest BCUT2D eigenvalue weighted by atomic mass is 35.5. The van der Waals surface area contributed by atoms with E-state index in [2.05, 4.69) is 41.8 Å². The van der Waals surface area contributed by atoms with Crippen molar-refractivity contribution >= 4 is 34.8 Å². The molecule has 5 nitrogen and oxygen atoms in total. The summed E-state index contributed by atoms with van der Waals surface area (Å²) >= 11 is 7.87. The van der Waals surface area contributed by atoms with Crippen LogP contribution in [0.3, 0.4) is 0 Å². The number of hydrogen-bond acceptors (Lipinski definition) is 4. The van der Waals surface area contributed by atoms with Crippen LogP contribution in [-0.2, 0) is 22.4 Å². The Labute approximate surface area is 200 Å². The van der Waals surface area contributed by atoms with Gasteiger partial charge in [0, 0.05) is 40.9 Å². The van der Waals surface area contributed by atoms with E-state index >= 15 is 0 Å². The van der Waals surface area contributed by atoms with Gasteiger partial charge in [0.25, 0.3) is 0 Å². The Kier molecular flexibility index (Phi) is 9.14. The quantitative estimate of drug-likeness (QED) is 0.534. The molecule has 1 fully saturated rings. The molecule has 0 unspecified atom stereocenters. The third kappa shape index (κ3) is 7.32. The normalized spacial score (nSPS) is 20.8. The van der Waals surface area contributed by atoms with Gasteiger partial charge in [0.2, 0.25) is 11.8 Å². The molecular weight excluding hydrogens is 442 g/mol. The lowest BCUT2D eigenvalue weighted by atomic mass is 9.75. The van der Waals surface area contributed by atoms with Gasteiger partial charge in [0.1, 0.15) is 0 Å². The van der Waals surface area contributed by atoms with Crippen LogP contribution >= 0.6 is 22.9 Å². The van der Waals surface area contributed by atoms with Crippen LogP contribution in [0.25, 0.3) is 0 Å². The summed E-state index contributed by atoms with van der Waals surface area (Å²) in [7, 11) is 4.28. The second kappa shape index (κ2) is 11.8. The second-order valence-corrected chi connectivity index (χ2v) is 10.4. The molecule has 0 aliphatic heterocycles. The van der Waals surface area contributed by atoms with Crippen molar-refractivity contribution in [3.63, 3.8) is 0 Å². The van der Waals surface area contributed by atoms with Gasteiger partial charge in [-0.1, -0.05) is 29.8 Å². The summed E-state index contributed by atoms with van der Waals surface area (Å²) in [5.41, 5.74) is 1.33. The lowest BCUT2D eigenvalue weighted by Gasteiger charge is -2.45. The maximum atomic E-state index is 12.4. The molecule has 1 saturated carbocycles. The molecule has 0 atom stereocenters. The predicted molar refractivity (Wildman–Crippen MR) is 132 cm³/mol. The van der Waals surface area contributed by atoms with Crippen LogP contribution in [0.5, 0.6) is 0 Å². The molecule has 0 bridgehead atoms. The molecule has 2 N–H and O–H groups in total. The highest BCUT2D eigenvalue weighted by Crippen LogP contribution is 2.35. The van der Waals surface area contributed by atoms with Gasteiger partial charge in [-0.15, -0.1) is 11.3 Å². The number of rotatable bonds is 10. The maximum absolute atomic E-state index is 12.4. The molecule has 7 heteroatoms. The van der Waals surface area contributed by atoms with Crippen LogP contribution in [-0.4, -0.2) is 48.9 Å². The van der Waals surface area contributed by atoms with Crippen molar-refractivity contribution in [2.45, 2.75) is 62.9 Å². The number of carbonyl (C=O) groups excluding carboxylic acids is 2. The molecule has 2 amide bonds. The highest BCUT2D eigenvalue weighted by molar-refractivity contribution is 7.09. The minimum atomic E-state index is -0.0616. The maximum Gasteiger partial charge on any atom is 0.220 e. The fourth-order valence-electron chi connectivity index (χ4n) is 4.50. The van der Waals surface area contributed by atoms with E-state index in [-0.39, 0.29) is 36.2 Å². The number of benzene rings is 1. The van der Waals surface area contributed by atoms with Gasteiger partial charge in [0.15, 0.2) is 0 Å². The van der Waals surface area contributed by atoms with E-state index in [1.165, 1.54) is 10.4 Å². The standard InChI is InChI=1S/C25H34ClN3O2S/c1-29(2)25(18-19-5-3-6-20(26)17-19)13-10-21(11-14-25)28-24(31)9-8-23(30)27-15-12-22-7-4-16-32-22/h3-7,16-17,21H,8-15,18H2,1-2H3,(H,27,30)(H,28,31). The Morgan fingerprint density at radius 3 is 2.53 bits per heavy atom. The number of carbonyl (C=O) groups is 2. The van der Waals surface area contributed by atoms with Crippen molar-refractivity contribution in [2.75, 3.05) is 20.6 Å². The average Bonchev–Trinajstić information content (AvgIpc) is 3.27. The third-order valence-electron chi connectivity index (χ3n) is 6.51. The summed E-state index contributed by atoms with van der Waals surface area (Å²) in [5.74, 6) is -0.0934. The molecule has 1 aliphatic carbocycles. The van der Waals surface area contributed by atoms with Gasteiger partial charge >= 0.3 is 0 Å². The number of hydrogen-bond donors (Lipinski definition) is 2. The number of likely N-dealkylation sites (N-methyl/N-ethyl adjacent to an activating group) is 1. The Morgan fingerprint density at radius 2 is 1.88 bits per heavy atom. The zero-order valence-corrected chi connectivity index (χ0v) is 20.6. The monoisotopic (exact) mass is 475 g/mol. The smallest absolute Gasteiger partial charge is 0.220 e. The first-order valence-corrected chi connectivity index (χ1v) is 12.6. The number of amides is 2. The first-order valence-electron chi connectivity index (χ1n) is 11.4. The molecule has 32 heavy (non-hydrogen) atoms. The van der Waals surface area contributed by atoms with Crippen molar-refractivity contribution in [3.8, 4) is 0 Å². The summed E-state index contributed by atoms with van der Waals surface area (Å²) in [6.07, 6.45) is 6.17. The Hall–Kier alpha value is -1.89. The topological polar surface area (TPSA) is 61.4 Å². The Balaban J connectivity index is 1.39. The fraction of sp³-hybridized carbons (Fsp3) is 0.520. The van der Waals surface area contributed by atoms with Gasteiger partial charge < -0.3 is 15.5 Å². The van der Waals surface area contributed by atoms with Gasteiger partial charge in [-0.3, -0.25) is 9.59 Å². The van der Waals surface area contributed by atoms with E-state index in [0.29, 0.717) is 6.54 Å². The molecule has 3 rings (SSSR count). The van der Waals surface area contributed by atoms with E-state index in [1.54, 1.807) is 11.3 Å². The molecule has 1 aromatic heterocycles. The van der Waals surface area contributed by atoms with Crippen molar-refractivity contribution < 1.29 is 9.59 Å². The van der Waals surface area contributed by atoms with Crippen LogP contribution in [0.1, 0.15) is 49.0 Å². The second-order valence-electron chi connectivity index (χ2n) is 8.95. The predicted octanol–water partition coefficient (Wildman–Crippen LogP) is 4.44. The lowest BCUT2D eigenvalue weighted by Crippen LogP contribution is -2.52. The Bertz CT molecular complexity index is 877. The van der Waals surface area contributed by atoms with Gasteiger partial charge in [-0.2, -0.15) is 0 Å². The molecule has 1 aromatic carbocycles. The molecule has 0 saturated heterocycles. The van der Waals surface area contributed by atoms with E-state index in [1.807, 2.05) is 29.6 Å². The minimum Gasteiger partial charge on any atom is -0.356 e. The number of nitrogens with zero attached hydrogens (tertiary/aromatic N) is 1. The van der Waals surface area contributed by atoms with Crippen LogP contribution in [0.15, 0.2) is 41.8 Å². The molecule has 0 spiro atoms. The summed E-state index contributed by atoms with van der Waals surface area (Å²) in [6.45, 7) is 0.614. The number of thiophene rings is 1. The van der Waals surface area contributed by atoms with Gasteiger partial charge in [-0.05, 0) is 81.8 Å². The zero-order valence-electron chi connectivity index (χ0n) is 19.0. The first-order chi connectivity index (χ1) is 15.4. The van der Waals surface area contributed by atoms with Crippen molar-refractivity contribution in [1.29, 1.82) is 0 Å². The van der Waals surface area contributed by atoms with E-state index in [0.717, 1.165) is 43.5 Å². The van der Waals surface area contributed by atoms with Crippen LogP contribution in [0.2, 0.25) is 5.02 Å². The van der Waals surface area contributed by atoms with Crippen LogP contribution in [0.4, 0.5) is 0 Å². The third-order valence-corrected chi connectivity index (χ3v) is 7.68. The van der Waals surface area contributed by atoms with Gasteiger partial charge in [-0.25, -0.2) is 0 Å².